The lowest BCUT2D eigenvalue weighted by molar-refractivity contribution is -0.115. The van der Waals surface area contributed by atoms with Crippen LogP contribution in [-0.4, -0.2) is 21.2 Å². The molecule has 1 unspecified atom stereocenters. The molecule has 0 spiro atoms. The Morgan fingerprint density at radius 1 is 1.03 bits per heavy atom. The average molecular weight is 466 g/mol. The van der Waals surface area contributed by atoms with Gasteiger partial charge in [-0.2, -0.15) is 0 Å². The van der Waals surface area contributed by atoms with Crippen LogP contribution in [0, 0.1) is 5.82 Å². The zero-order chi connectivity index (χ0) is 23.9. The Balaban J connectivity index is 1.46. The maximum absolute atomic E-state index is 13.8. The second kappa shape index (κ2) is 8.25. The van der Waals surface area contributed by atoms with Crippen molar-refractivity contribution < 1.29 is 18.7 Å². The molecule has 0 saturated carbocycles. The van der Waals surface area contributed by atoms with E-state index in [0.29, 0.717) is 39.7 Å². The van der Waals surface area contributed by atoms with Gasteiger partial charge in [-0.3, -0.25) is 9.79 Å². The van der Waals surface area contributed by atoms with Crippen molar-refractivity contribution in [1.82, 2.24) is 9.55 Å². The van der Waals surface area contributed by atoms with E-state index in [1.807, 2.05) is 48.1 Å². The smallest absolute Gasteiger partial charge is 0.238 e. The second-order valence-corrected chi connectivity index (χ2v) is 8.23. The van der Waals surface area contributed by atoms with Crippen molar-refractivity contribution in [2.24, 2.45) is 12.0 Å². The number of anilines is 1. The summed E-state index contributed by atoms with van der Waals surface area (Å²) in [6.07, 6.45) is 6.53. The molecule has 1 aromatic heterocycles. The van der Waals surface area contributed by atoms with Crippen molar-refractivity contribution in [3.05, 3.63) is 103 Å². The summed E-state index contributed by atoms with van der Waals surface area (Å²) in [6, 6.07) is 17.3. The summed E-state index contributed by atoms with van der Waals surface area (Å²) in [7, 11) is 1.93. The minimum absolute atomic E-state index is 0.274. The van der Waals surface area contributed by atoms with Crippen molar-refractivity contribution >= 4 is 23.0 Å². The third kappa shape index (κ3) is 3.74. The number of amides is 1. The fraction of sp³-hybridized carbons (Fsp3) is 0.0741. The number of aliphatic imine (C=N–C) groups is 1. The van der Waals surface area contributed by atoms with E-state index in [-0.39, 0.29) is 5.91 Å². The highest BCUT2D eigenvalue weighted by Gasteiger charge is 2.36. The van der Waals surface area contributed by atoms with Gasteiger partial charge in [-0.25, -0.2) is 9.37 Å². The summed E-state index contributed by atoms with van der Waals surface area (Å²) < 4.78 is 26.8. The van der Waals surface area contributed by atoms with E-state index < -0.39 is 11.7 Å². The standard InChI is InChI=1S/C27H19FN4O3/c1-32-11-10-29-26(32)16-2-6-19(7-3-16)30-25(17-4-9-22-23(14-17)35-13-12-34-22)24-20-8-5-18(28)15-21(20)31-27(24)33/h2-15,24H,1H3,(H,31,33). The lowest BCUT2D eigenvalue weighted by atomic mass is 9.90. The lowest BCUT2D eigenvalue weighted by Crippen LogP contribution is -2.22. The first kappa shape index (κ1) is 20.9. The van der Waals surface area contributed by atoms with Crippen LogP contribution in [0.15, 0.2) is 90.6 Å². The minimum atomic E-state index is -0.724. The molecule has 1 N–H and O–H groups in total. The summed E-state index contributed by atoms with van der Waals surface area (Å²) in [5.74, 6) is 0.501. The molecule has 3 heterocycles. The minimum Gasteiger partial charge on any atom is -0.458 e. The van der Waals surface area contributed by atoms with Gasteiger partial charge in [-0.15, -0.1) is 0 Å². The summed E-state index contributed by atoms with van der Waals surface area (Å²) in [6.45, 7) is 0. The third-order valence-corrected chi connectivity index (χ3v) is 6.00. The monoisotopic (exact) mass is 466 g/mol. The topological polar surface area (TPSA) is 77.7 Å². The largest absolute Gasteiger partial charge is 0.458 e. The normalized spacial score (nSPS) is 16.2. The van der Waals surface area contributed by atoms with Crippen molar-refractivity contribution in [2.75, 3.05) is 5.32 Å². The SMILES string of the molecule is Cn1ccnc1-c1ccc(N=C(c2ccc3c(c2)OC=CO3)C2C(=O)Nc3cc(F)ccc32)cc1. The summed E-state index contributed by atoms with van der Waals surface area (Å²) in [4.78, 5) is 22.4. The summed E-state index contributed by atoms with van der Waals surface area (Å²) in [5, 5.41) is 2.78. The molecule has 7 nitrogen and oxygen atoms in total. The van der Waals surface area contributed by atoms with Crippen LogP contribution in [0.1, 0.15) is 17.0 Å². The van der Waals surface area contributed by atoms with Gasteiger partial charge in [0, 0.05) is 36.3 Å². The lowest BCUT2D eigenvalue weighted by Gasteiger charge is -2.17. The van der Waals surface area contributed by atoms with Gasteiger partial charge in [0.2, 0.25) is 5.91 Å². The fourth-order valence-electron chi connectivity index (χ4n) is 4.33. The molecular weight excluding hydrogens is 447 g/mol. The van der Waals surface area contributed by atoms with Gasteiger partial charge in [0.15, 0.2) is 11.5 Å². The molecule has 0 fully saturated rings. The summed E-state index contributed by atoms with van der Waals surface area (Å²) in [5.41, 5.74) is 3.92. The fourth-order valence-corrected chi connectivity index (χ4v) is 4.33. The van der Waals surface area contributed by atoms with E-state index in [9.17, 15) is 9.18 Å². The number of carbonyl (C=O) groups is 1. The Labute approximate surface area is 200 Å². The number of ether oxygens (including phenoxy) is 2. The van der Waals surface area contributed by atoms with Gasteiger partial charge >= 0.3 is 0 Å². The number of fused-ring (bicyclic) bond motifs is 2. The van der Waals surface area contributed by atoms with Gasteiger partial charge < -0.3 is 19.4 Å². The number of hydrogen-bond acceptors (Lipinski definition) is 5. The molecule has 3 aromatic carbocycles. The van der Waals surface area contributed by atoms with Gasteiger partial charge in [-0.1, -0.05) is 6.07 Å². The molecule has 2 aliphatic rings. The first-order valence-electron chi connectivity index (χ1n) is 11.0. The van der Waals surface area contributed by atoms with Crippen molar-refractivity contribution in [2.45, 2.75) is 5.92 Å². The Morgan fingerprint density at radius 3 is 2.60 bits per heavy atom. The number of halogens is 1. The molecule has 0 saturated heterocycles. The number of rotatable bonds is 4. The van der Waals surface area contributed by atoms with E-state index in [1.165, 1.54) is 24.7 Å². The molecule has 172 valence electrons. The molecule has 1 atom stereocenters. The van der Waals surface area contributed by atoms with Crippen LogP contribution in [-0.2, 0) is 11.8 Å². The highest BCUT2D eigenvalue weighted by atomic mass is 19.1. The zero-order valence-corrected chi connectivity index (χ0v) is 18.6. The highest BCUT2D eigenvalue weighted by molar-refractivity contribution is 6.24. The molecule has 0 radical (unpaired) electrons. The quantitative estimate of drug-likeness (QED) is 0.413. The van der Waals surface area contributed by atoms with Gasteiger partial charge in [-0.05, 0) is 60.2 Å². The van der Waals surface area contributed by atoms with Crippen LogP contribution in [0.3, 0.4) is 0 Å². The predicted octanol–water partition coefficient (Wildman–Crippen LogP) is 5.33. The molecular formula is C27H19FN4O3. The van der Waals surface area contributed by atoms with Crippen LogP contribution in [0.4, 0.5) is 15.8 Å². The number of aryl methyl sites for hydroxylation is 1. The average Bonchev–Trinajstić information content (AvgIpc) is 3.44. The molecule has 0 bridgehead atoms. The number of aromatic nitrogens is 2. The molecule has 6 rings (SSSR count). The van der Waals surface area contributed by atoms with E-state index in [4.69, 9.17) is 14.5 Å². The van der Waals surface area contributed by atoms with Crippen molar-refractivity contribution in [3.63, 3.8) is 0 Å². The van der Waals surface area contributed by atoms with Gasteiger partial charge in [0.05, 0.1) is 11.4 Å². The van der Waals surface area contributed by atoms with Crippen LogP contribution in [0.25, 0.3) is 11.4 Å². The molecule has 2 aliphatic heterocycles. The third-order valence-electron chi connectivity index (χ3n) is 6.00. The first-order chi connectivity index (χ1) is 17.1. The van der Waals surface area contributed by atoms with Gasteiger partial charge in [0.1, 0.15) is 30.1 Å². The van der Waals surface area contributed by atoms with E-state index >= 15 is 0 Å². The number of benzene rings is 3. The van der Waals surface area contributed by atoms with Crippen LogP contribution in [0.2, 0.25) is 0 Å². The Bertz CT molecular complexity index is 1520. The number of nitrogens with zero attached hydrogens (tertiary/aromatic N) is 3. The maximum atomic E-state index is 13.8. The Hall–Kier alpha value is -4.72. The van der Waals surface area contributed by atoms with Crippen LogP contribution < -0.4 is 14.8 Å². The molecule has 0 aliphatic carbocycles. The number of imidazole rings is 1. The Morgan fingerprint density at radius 2 is 1.83 bits per heavy atom. The van der Waals surface area contributed by atoms with Crippen LogP contribution >= 0.6 is 0 Å². The highest BCUT2D eigenvalue weighted by Crippen LogP contribution is 2.39. The second-order valence-electron chi connectivity index (χ2n) is 8.23. The van der Waals surface area contributed by atoms with E-state index in [1.54, 1.807) is 24.4 Å². The molecule has 4 aromatic rings. The zero-order valence-electron chi connectivity index (χ0n) is 18.6. The Kier molecular flexibility index (Phi) is 4.92. The summed E-state index contributed by atoms with van der Waals surface area (Å²) >= 11 is 0. The molecule has 1 amide bonds. The van der Waals surface area contributed by atoms with Crippen LogP contribution in [0.5, 0.6) is 11.5 Å². The molecule has 35 heavy (non-hydrogen) atoms. The van der Waals surface area contributed by atoms with E-state index in [2.05, 4.69) is 10.3 Å². The van der Waals surface area contributed by atoms with Crippen molar-refractivity contribution in [3.8, 4) is 22.9 Å². The number of carbonyl (C=O) groups excluding carboxylic acids is 1. The first-order valence-corrected chi connectivity index (χ1v) is 11.0. The number of nitrogens with one attached hydrogen (secondary N) is 1. The van der Waals surface area contributed by atoms with Gasteiger partial charge in [0.25, 0.3) is 0 Å². The van der Waals surface area contributed by atoms with E-state index in [0.717, 1.165) is 11.4 Å². The number of hydrogen-bond donors (Lipinski definition) is 1. The van der Waals surface area contributed by atoms with Crippen molar-refractivity contribution in [1.29, 1.82) is 0 Å². The maximum Gasteiger partial charge on any atom is 0.238 e. The predicted molar refractivity (Wildman–Crippen MR) is 129 cm³/mol. The molecule has 8 heteroatoms.